The van der Waals surface area contributed by atoms with Crippen molar-refractivity contribution in [3.8, 4) is 0 Å². The summed E-state index contributed by atoms with van der Waals surface area (Å²) in [6.45, 7) is 0. The van der Waals surface area contributed by atoms with E-state index in [-0.39, 0.29) is 5.69 Å². The molecule has 1 aromatic carbocycles. The molecule has 2 atom stereocenters. The van der Waals surface area contributed by atoms with E-state index in [0.29, 0.717) is 0 Å². The van der Waals surface area contributed by atoms with Gasteiger partial charge in [-0.3, -0.25) is 9.69 Å². The number of para-hydroxylation sites is 1. The number of benzene rings is 1. The Bertz CT molecular complexity index is 476. The van der Waals surface area contributed by atoms with Gasteiger partial charge in [-0.2, -0.15) is 0 Å². The van der Waals surface area contributed by atoms with Crippen molar-refractivity contribution >= 4 is 17.6 Å². The first-order chi connectivity index (χ1) is 8.07. The molecule has 1 aliphatic rings. The molecule has 6 heteroatoms. The molecule has 0 saturated carbocycles. The number of amides is 1. The normalized spacial score (nSPS) is 23.4. The summed E-state index contributed by atoms with van der Waals surface area (Å²) in [7, 11) is 1.25. The molecule has 1 heterocycles. The molecule has 2 unspecified atom stereocenters. The number of methoxy groups -OCH3 is 1. The predicted molar refractivity (Wildman–Crippen MR) is 56.1 cm³/mol. The number of carboxylic acid groups (broad SMARTS) is 1. The van der Waals surface area contributed by atoms with E-state index in [4.69, 9.17) is 9.84 Å². The van der Waals surface area contributed by atoms with Crippen LogP contribution in [0.25, 0.3) is 0 Å². The molecule has 0 radical (unpaired) electrons. The van der Waals surface area contributed by atoms with Crippen LogP contribution in [-0.4, -0.2) is 36.2 Å². The monoisotopic (exact) mass is 239 g/mol. The quantitative estimate of drug-likeness (QED) is 0.786. The molecule has 0 bridgehead atoms. The number of hydrogen-bond donors (Lipinski definition) is 1. The van der Waals surface area contributed by atoms with E-state index in [1.165, 1.54) is 31.4 Å². The zero-order valence-corrected chi connectivity index (χ0v) is 8.96. The third-order valence-electron chi connectivity index (χ3n) is 2.66. The fourth-order valence-corrected chi connectivity index (χ4v) is 1.85. The van der Waals surface area contributed by atoms with Crippen LogP contribution in [0.2, 0.25) is 0 Å². The molecule has 0 spiro atoms. The smallest absolute Gasteiger partial charge is 0.330 e. The van der Waals surface area contributed by atoms with Crippen molar-refractivity contribution in [3.63, 3.8) is 0 Å². The first kappa shape index (κ1) is 11.5. The summed E-state index contributed by atoms with van der Waals surface area (Å²) in [6.07, 6.45) is -1.05. The predicted octanol–water partition coefficient (Wildman–Crippen LogP) is 0.641. The first-order valence-electron chi connectivity index (χ1n) is 4.91. The van der Waals surface area contributed by atoms with Crippen LogP contribution in [-0.2, 0) is 14.3 Å². The van der Waals surface area contributed by atoms with E-state index in [2.05, 4.69) is 0 Å². The van der Waals surface area contributed by atoms with Crippen molar-refractivity contribution in [2.45, 2.75) is 12.1 Å². The second kappa shape index (κ2) is 4.14. The van der Waals surface area contributed by atoms with E-state index >= 15 is 0 Å². The van der Waals surface area contributed by atoms with E-state index in [9.17, 15) is 14.0 Å². The van der Waals surface area contributed by atoms with Gasteiger partial charge in [0.2, 0.25) is 0 Å². The maximum atomic E-state index is 13.5. The average Bonchev–Trinajstić information content (AvgIpc) is 2.28. The number of anilines is 1. The van der Waals surface area contributed by atoms with Crippen LogP contribution < -0.4 is 4.90 Å². The Balaban J connectivity index is 2.36. The number of carbonyl (C=O) groups excluding carboxylic acids is 1. The van der Waals surface area contributed by atoms with E-state index in [0.717, 1.165) is 4.90 Å². The number of hydrogen-bond acceptors (Lipinski definition) is 3. The highest BCUT2D eigenvalue weighted by Crippen LogP contribution is 2.31. The van der Waals surface area contributed by atoms with Crippen molar-refractivity contribution in [3.05, 3.63) is 30.1 Å². The van der Waals surface area contributed by atoms with Crippen LogP contribution in [0.4, 0.5) is 10.1 Å². The molecule has 1 aliphatic heterocycles. The van der Waals surface area contributed by atoms with Crippen molar-refractivity contribution in [1.29, 1.82) is 0 Å². The molecule has 5 nitrogen and oxygen atoms in total. The minimum atomic E-state index is -1.22. The number of carboxylic acids is 1. The highest BCUT2D eigenvalue weighted by atomic mass is 19.1. The van der Waals surface area contributed by atoms with Gasteiger partial charge in [0.05, 0.1) is 5.69 Å². The molecule has 2 rings (SSSR count). The Hall–Kier alpha value is -1.95. The van der Waals surface area contributed by atoms with E-state index in [1.54, 1.807) is 0 Å². The molecular weight excluding hydrogens is 229 g/mol. The SMILES string of the molecule is COC1C(=O)N(c2ccccc2F)C1C(=O)O. The van der Waals surface area contributed by atoms with Gasteiger partial charge in [-0.1, -0.05) is 12.1 Å². The van der Waals surface area contributed by atoms with Crippen LogP contribution in [0.1, 0.15) is 0 Å². The number of aliphatic carboxylic acids is 1. The summed E-state index contributed by atoms with van der Waals surface area (Å²) in [5.74, 6) is -2.41. The lowest BCUT2D eigenvalue weighted by Gasteiger charge is -2.43. The fraction of sp³-hybridized carbons (Fsp3) is 0.273. The number of nitrogens with zero attached hydrogens (tertiary/aromatic N) is 1. The summed E-state index contributed by atoms with van der Waals surface area (Å²) in [5.41, 5.74) is -0.0433. The highest BCUT2D eigenvalue weighted by molar-refractivity contribution is 6.12. The Morgan fingerprint density at radius 1 is 1.47 bits per heavy atom. The van der Waals surface area contributed by atoms with Crippen molar-refractivity contribution in [2.75, 3.05) is 12.0 Å². The minimum absolute atomic E-state index is 0.0433. The van der Waals surface area contributed by atoms with Gasteiger partial charge in [0.25, 0.3) is 5.91 Å². The van der Waals surface area contributed by atoms with E-state index < -0.39 is 29.8 Å². The van der Waals surface area contributed by atoms with Crippen molar-refractivity contribution in [1.82, 2.24) is 0 Å². The van der Waals surface area contributed by atoms with Gasteiger partial charge in [-0.05, 0) is 12.1 Å². The third kappa shape index (κ3) is 1.66. The standard InChI is InChI=1S/C11H10FNO4/c1-17-9-8(11(15)16)13(10(9)14)7-5-3-2-4-6(7)12/h2-5,8-9H,1H3,(H,15,16). The second-order valence-electron chi connectivity index (χ2n) is 3.60. The molecule has 1 N–H and O–H groups in total. The Morgan fingerprint density at radius 2 is 2.12 bits per heavy atom. The summed E-state index contributed by atoms with van der Waals surface area (Å²) in [5, 5.41) is 8.98. The van der Waals surface area contributed by atoms with Gasteiger partial charge < -0.3 is 9.84 Å². The van der Waals surface area contributed by atoms with E-state index in [1.807, 2.05) is 0 Å². The van der Waals surface area contributed by atoms with Gasteiger partial charge in [0.1, 0.15) is 5.82 Å². The zero-order valence-electron chi connectivity index (χ0n) is 8.96. The zero-order chi connectivity index (χ0) is 12.6. The topological polar surface area (TPSA) is 66.8 Å². The fourth-order valence-electron chi connectivity index (χ4n) is 1.85. The molecule has 90 valence electrons. The largest absolute Gasteiger partial charge is 0.480 e. The molecular formula is C11H10FNO4. The molecule has 1 aromatic rings. The molecule has 0 aromatic heterocycles. The summed E-state index contributed by atoms with van der Waals surface area (Å²) in [4.78, 5) is 23.5. The van der Waals surface area contributed by atoms with Gasteiger partial charge in [-0.25, -0.2) is 9.18 Å². The molecule has 17 heavy (non-hydrogen) atoms. The van der Waals surface area contributed by atoms with Gasteiger partial charge in [0.15, 0.2) is 12.1 Å². The molecule has 0 aliphatic carbocycles. The Labute approximate surface area is 96.4 Å². The van der Waals surface area contributed by atoms with Crippen LogP contribution in [0.15, 0.2) is 24.3 Å². The number of β-lactam (4-membered cyclic amide) rings is 1. The third-order valence-corrected chi connectivity index (χ3v) is 2.66. The van der Waals surface area contributed by atoms with Crippen molar-refractivity contribution in [2.24, 2.45) is 0 Å². The number of halogens is 1. The average molecular weight is 239 g/mol. The van der Waals surface area contributed by atoms with Crippen LogP contribution >= 0.6 is 0 Å². The highest BCUT2D eigenvalue weighted by Gasteiger charge is 2.53. The molecule has 1 fully saturated rings. The maximum Gasteiger partial charge on any atom is 0.330 e. The minimum Gasteiger partial charge on any atom is -0.480 e. The lowest BCUT2D eigenvalue weighted by molar-refractivity contribution is -0.156. The van der Waals surface area contributed by atoms with Gasteiger partial charge in [0, 0.05) is 7.11 Å². The molecule has 1 saturated heterocycles. The maximum absolute atomic E-state index is 13.5. The second-order valence-corrected chi connectivity index (χ2v) is 3.60. The van der Waals surface area contributed by atoms with Crippen LogP contribution in [0.3, 0.4) is 0 Å². The Kier molecular flexibility index (Phi) is 2.81. The number of carbonyl (C=O) groups is 2. The lowest BCUT2D eigenvalue weighted by Crippen LogP contribution is -2.69. The van der Waals surface area contributed by atoms with Gasteiger partial charge >= 0.3 is 5.97 Å². The summed E-state index contributed by atoms with van der Waals surface area (Å²) >= 11 is 0. The lowest BCUT2D eigenvalue weighted by atomic mass is 9.96. The first-order valence-corrected chi connectivity index (χ1v) is 4.91. The van der Waals surface area contributed by atoms with Gasteiger partial charge in [-0.15, -0.1) is 0 Å². The van der Waals surface area contributed by atoms with Crippen LogP contribution in [0.5, 0.6) is 0 Å². The Morgan fingerprint density at radius 3 is 2.65 bits per heavy atom. The summed E-state index contributed by atoms with van der Waals surface area (Å²) < 4.78 is 18.2. The number of rotatable bonds is 3. The number of ether oxygens (including phenoxy) is 1. The summed E-state index contributed by atoms with van der Waals surface area (Å²) in [6, 6.07) is 4.35. The molecule has 1 amide bonds. The van der Waals surface area contributed by atoms with Crippen LogP contribution in [0, 0.1) is 5.82 Å². The van der Waals surface area contributed by atoms with Crippen molar-refractivity contribution < 1.29 is 23.8 Å².